The van der Waals surface area contributed by atoms with E-state index in [1.54, 1.807) is 6.08 Å². The Morgan fingerprint density at radius 3 is 2.48 bits per heavy atom. The summed E-state index contributed by atoms with van der Waals surface area (Å²) in [7, 11) is 0. The molecule has 8 atom stereocenters. The van der Waals surface area contributed by atoms with E-state index in [0.717, 1.165) is 5.57 Å². The van der Waals surface area contributed by atoms with Gasteiger partial charge in [-0.25, -0.2) is 0 Å². The Labute approximate surface area is 158 Å². The van der Waals surface area contributed by atoms with Crippen molar-refractivity contribution in [2.75, 3.05) is 0 Å². The largest absolute Gasteiger partial charge is 0.542 e. The Hall–Kier alpha value is -1.53. The zero-order valence-corrected chi connectivity index (χ0v) is 15.8. The Balaban J connectivity index is 1.76. The van der Waals surface area contributed by atoms with Crippen LogP contribution in [0.5, 0.6) is 0 Å². The van der Waals surface area contributed by atoms with Crippen LogP contribution in [-0.2, 0) is 14.4 Å². The summed E-state index contributed by atoms with van der Waals surface area (Å²) in [5, 5.41) is 32.3. The Kier molecular flexibility index (Phi) is 4.17. The highest BCUT2D eigenvalue weighted by atomic mass is 16.4. The zero-order valence-electron chi connectivity index (χ0n) is 15.8. The summed E-state index contributed by atoms with van der Waals surface area (Å²) in [4.78, 5) is 36.3. The van der Waals surface area contributed by atoms with Gasteiger partial charge in [-0.05, 0) is 61.3 Å². The molecular formula is C21H27O6-. The van der Waals surface area contributed by atoms with Crippen molar-refractivity contribution >= 4 is 17.5 Å². The molecule has 0 aromatic carbocycles. The number of allylic oxidation sites excluding steroid dienone is 1. The topological polar surface area (TPSA) is 115 Å². The van der Waals surface area contributed by atoms with E-state index >= 15 is 0 Å². The van der Waals surface area contributed by atoms with Crippen molar-refractivity contribution in [2.45, 2.75) is 64.6 Å². The van der Waals surface area contributed by atoms with Crippen LogP contribution in [0.4, 0.5) is 0 Å². The van der Waals surface area contributed by atoms with Crippen molar-refractivity contribution < 1.29 is 29.7 Å². The van der Waals surface area contributed by atoms with Crippen molar-refractivity contribution in [3.63, 3.8) is 0 Å². The molecule has 0 amide bonds. The van der Waals surface area contributed by atoms with E-state index in [0.29, 0.717) is 38.5 Å². The summed E-state index contributed by atoms with van der Waals surface area (Å²) >= 11 is 0. The highest BCUT2D eigenvalue weighted by Crippen LogP contribution is 2.65. The first-order valence-electron chi connectivity index (χ1n) is 9.96. The van der Waals surface area contributed by atoms with Crippen LogP contribution in [0.1, 0.15) is 52.4 Å². The van der Waals surface area contributed by atoms with Gasteiger partial charge in [-0.1, -0.05) is 19.4 Å². The van der Waals surface area contributed by atoms with Crippen molar-refractivity contribution in [2.24, 2.45) is 34.5 Å². The van der Waals surface area contributed by atoms with E-state index in [4.69, 9.17) is 0 Å². The molecule has 4 aliphatic carbocycles. The van der Waals surface area contributed by atoms with Crippen LogP contribution in [0.25, 0.3) is 0 Å². The van der Waals surface area contributed by atoms with Crippen molar-refractivity contribution in [3.8, 4) is 0 Å². The van der Waals surface area contributed by atoms with Gasteiger partial charge in [0.25, 0.3) is 0 Å². The van der Waals surface area contributed by atoms with Crippen LogP contribution in [0.15, 0.2) is 11.6 Å². The van der Waals surface area contributed by atoms with Crippen molar-refractivity contribution in [1.29, 1.82) is 0 Å². The number of hydrogen-bond donors (Lipinski definition) is 2. The highest BCUT2D eigenvalue weighted by Gasteiger charge is 2.63. The van der Waals surface area contributed by atoms with Crippen LogP contribution in [0.3, 0.4) is 0 Å². The number of carbonyl (C=O) groups is 3. The third-order valence-corrected chi connectivity index (χ3v) is 8.33. The van der Waals surface area contributed by atoms with Gasteiger partial charge in [0.05, 0.1) is 12.2 Å². The number of Topliss-reactive ketones (excluding diaryl/α,β-unsaturated/α-hetero) is 1. The number of aliphatic carboxylic acids is 1. The molecule has 0 spiro atoms. The number of carboxylic acid groups (broad SMARTS) is 1. The molecule has 0 heterocycles. The second-order valence-corrected chi connectivity index (χ2v) is 9.62. The molecule has 3 fully saturated rings. The van der Waals surface area contributed by atoms with Gasteiger partial charge in [0, 0.05) is 17.8 Å². The zero-order chi connectivity index (χ0) is 19.7. The molecule has 0 bridgehead atoms. The van der Waals surface area contributed by atoms with E-state index in [2.05, 4.69) is 0 Å². The Morgan fingerprint density at radius 2 is 1.81 bits per heavy atom. The summed E-state index contributed by atoms with van der Waals surface area (Å²) in [5.74, 6) is -3.79. The molecule has 2 N–H and O–H groups in total. The molecule has 27 heavy (non-hydrogen) atoms. The molecule has 6 heteroatoms. The quantitative estimate of drug-likeness (QED) is 0.675. The summed E-state index contributed by atoms with van der Waals surface area (Å²) in [6, 6.07) is 0. The highest BCUT2D eigenvalue weighted by molar-refractivity contribution is 6.32. The predicted octanol–water partition coefficient (Wildman–Crippen LogP) is 0.395. The molecule has 0 radical (unpaired) electrons. The maximum absolute atomic E-state index is 12.9. The summed E-state index contributed by atoms with van der Waals surface area (Å²) in [6.45, 7) is 3.92. The van der Waals surface area contributed by atoms with E-state index in [1.807, 2.05) is 13.8 Å². The van der Waals surface area contributed by atoms with Crippen LogP contribution < -0.4 is 5.11 Å². The van der Waals surface area contributed by atoms with Crippen LogP contribution in [-0.4, -0.2) is 40.0 Å². The normalized spacial score (nSPS) is 48.9. The van der Waals surface area contributed by atoms with Crippen LogP contribution in [0.2, 0.25) is 0 Å². The number of ketones is 2. The minimum Gasteiger partial charge on any atom is -0.542 e. The van der Waals surface area contributed by atoms with E-state index in [-0.39, 0.29) is 23.5 Å². The van der Waals surface area contributed by atoms with Gasteiger partial charge in [0.15, 0.2) is 11.6 Å². The van der Waals surface area contributed by atoms with Crippen LogP contribution >= 0.6 is 0 Å². The van der Waals surface area contributed by atoms with E-state index < -0.39 is 40.7 Å². The average Bonchev–Trinajstić information content (AvgIpc) is 2.92. The first kappa shape index (κ1) is 18.8. The van der Waals surface area contributed by atoms with Gasteiger partial charge in [-0.3, -0.25) is 9.59 Å². The SMILES string of the molecule is C[C@]12C[C@H](O)C3C(=CC(=O)[C@@H]4C[C@H](O)CC[C@]34C)C1CC[C@@H]2C(=O)C(=O)[O-]. The lowest BCUT2D eigenvalue weighted by atomic mass is 9.47. The lowest BCUT2D eigenvalue weighted by Gasteiger charge is -2.58. The van der Waals surface area contributed by atoms with E-state index in [1.165, 1.54) is 0 Å². The van der Waals surface area contributed by atoms with Crippen molar-refractivity contribution in [3.05, 3.63) is 11.6 Å². The first-order chi connectivity index (χ1) is 12.6. The van der Waals surface area contributed by atoms with Gasteiger partial charge in [-0.15, -0.1) is 0 Å². The molecule has 0 aliphatic heterocycles. The van der Waals surface area contributed by atoms with Gasteiger partial charge < -0.3 is 20.1 Å². The molecule has 148 valence electrons. The number of hydrogen-bond acceptors (Lipinski definition) is 6. The lowest BCUT2D eigenvalue weighted by Crippen LogP contribution is -2.57. The Morgan fingerprint density at radius 1 is 1.11 bits per heavy atom. The predicted molar refractivity (Wildman–Crippen MR) is 93.0 cm³/mol. The molecule has 0 aromatic rings. The van der Waals surface area contributed by atoms with E-state index in [9.17, 15) is 29.7 Å². The number of aliphatic hydroxyl groups is 2. The summed E-state index contributed by atoms with van der Waals surface area (Å²) < 4.78 is 0. The van der Waals surface area contributed by atoms with Gasteiger partial charge in [-0.2, -0.15) is 0 Å². The first-order valence-corrected chi connectivity index (χ1v) is 9.96. The summed E-state index contributed by atoms with van der Waals surface area (Å²) in [6.07, 6.45) is 3.58. The second kappa shape index (κ2) is 5.98. The van der Waals surface area contributed by atoms with Gasteiger partial charge in [0.2, 0.25) is 0 Å². The molecular weight excluding hydrogens is 348 g/mol. The molecule has 2 unspecified atom stereocenters. The number of carbonyl (C=O) groups excluding carboxylic acids is 3. The van der Waals surface area contributed by atoms with Crippen molar-refractivity contribution in [1.82, 2.24) is 0 Å². The molecule has 6 nitrogen and oxygen atoms in total. The third-order valence-electron chi connectivity index (χ3n) is 8.33. The maximum Gasteiger partial charge on any atom is 0.181 e. The van der Waals surface area contributed by atoms with Gasteiger partial charge in [0.1, 0.15) is 5.97 Å². The smallest absolute Gasteiger partial charge is 0.181 e. The lowest BCUT2D eigenvalue weighted by molar-refractivity contribution is -0.301. The number of carboxylic acids is 1. The molecule has 3 saturated carbocycles. The fraction of sp³-hybridized carbons (Fsp3) is 0.762. The average molecular weight is 375 g/mol. The van der Waals surface area contributed by atoms with Gasteiger partial charge >= 0.3 is 0 Å². The fourth-order valence-corrected chi connectivity index (χ4v) is 7.05. The number of rotatable bonds is 2. The molecule has 4 aliphatic rings. The minimum atomic E-state index is -1.67. The fourth-order valence-electron chi connectivity index (χ4n) is 7.05. The number of aliphatic hydroxyl groups excluding tert-OH is 2. The summed E-state index contributed by atoms with van der Waals surface area (Å²) in [5.41, 5.74) is -0.182. The molecule has 4 rings (SSSR count). The monoisotopic (exact) mass is 375 g/mol. The molecule has 0 aromatic heterocycles. The van der Waals surface area contributed by atoms with Crippen LogP contribution in [0, 0.1) is 34.5 Å². The second-order valence-electron chi connectivity index (χ2n) is 9.62. The maximum atomic E-state index is 12.9. The number of fused-ring (bicyclic) bond motifs is 5. The minimum absolute atomic E-state index is 0.00590. The Bertz CT molecular complexity index is 741. The standard InChI is InChI=1S/C21H28O6/c1-20-6-5-10(22)7-14(20)15(23)8-11-12-3-4-13(18(25)19(26)27)21(12,2)9-16(24)17(11)20/h8,10,12-14,16-17,22,24H,3-7,9H2,1-2H3,(H,26,27)/p-1/t10-,12?,13-,14+,16+,17?,20+,21+/m1/s1. The molecule has 0 saturated heterocycles. The third kappa shape index (κ3) is 2.49.